The Morgan fingerprint density at radius 1 is 0.788 bits per heavy atom. The fraction of sp³-hybridized carbons (Fsp3) is 0.143. The highest BCUT2D eigenvalue weighted by Gasteiger charge is 2.53. The minimum absolute atomic E-state index is 0. The molecule has 1 aliphatic heterocycles. The number of hydrogen-bond acceptors (Lipinski definition) is 7. The quantitative estimate of drug-likeness (QED) is 0.205. The minimum Gasteiger partial charge on any atom is -0.506 e. The summed E-state index contributed by atoms with van der Waals surface area (Å²) < 4.78 is 33.8. The molecule has 12 heteroatoms. The van der Waals surface area contributed by atoms with Gasteiger partial charge in [-0.2, -0.15) is 8.42 Å². The van der Waals surface area contributed by atoms with Crippen molar-refractivity contribution in [2.45, 2.75) is 24.3 Å². The molecule has 178 valence electrons. The zero-order valence-electron chi connectivity index (χ0n) is 17.4. The first kappa shape index (κ1) is 28.2. The highest BCUT2D eigenvalue weighted by molar-refractivity contribution is 9.11. The van der Waals surface area contributed by atoms with Crippen molar-refractivity contribution in [3.8, 4) is 11.5 Å². The van der Waals surface area contributed by atoms with Crippen LogP contribution in [0.2, 0.25) is 0 Å². The molecule has 3 aromatic carbocycles. The van der Waals surface area contributed by atoms with E-state index >= 15 is 0 Å². The van der Waals surface area contributed by atoms with Gasteiger partial charge in [0.15, 0.2) is 5.60 Å². The third-order valence-corrected chi connectivity index (χ3v) is 9.92. The van der Waals surface area contributed by atoms with Gasteiger partial charge in [-0.1, -0.05) is 18.2 Å². The molecule has 8 N–H and O–H groups in total. The van der Waals surface area contributed by atoms with E-state index < -0.39 is 15.7 Å². The van der Waals surface area contributed by atoms with E-state index in [4.69, 9.17) is 4.18 Å². The first-order valence-electron chi connectivity index (χ1n) is 8.84. The average Bonchev–Trinajstić information content (AvgIpc) is 2.98. The van der Waals surface area contributed by atoms with Gasteiger partial charge in [-0.15, -0.1) is 0 Å². The number of phenolic OH excluding ortho intramolecular Hbond substituents is 2. The maximum Gasteiger partial charge on any atom is 0.298 e. The highest BCUT2D eigenvalue weighted by atomic mass is 79.9. The van der Waals surface area contributed by atoms with Crippen molar-refractivity contribution >= 4 is 73.8 Å². The summed E-state index contributed by atoms with van der Waals surface area (Å²) in [5, 5.41) is 20.8. The van der Waals surface area contributed by atoms with E-state index in [1.54, 1.807) is 44.2 Å². The van der Waals surface area contributed by atoms with Gasteiger partial charge in [-0.05, 0) is 118 Å². The Labute approximate surface area is 225 Å². The lowest BCUT2D eigenvalue weighted by Gasteiger charge is -2.33. The molecule has 1 aliphatic rings. The lowest BCUT2D eigenvalue weighted by Crippen LogP contribution is -2.32. The second-order valence-corrected chi connectivity index (χ2v) is 11.9. The zero-order valence-corrected chi connectivity index (χ0v) is 24.6. The molecule has 33 heavy (non-hydrogen) atoms. The van der Waals surface area contributed by atoms with Crippen molar-refractivity contribution in [1.82, 2.24) is 12.3 Å². The van der Waals surface area contributed by atoms with Crippen LogP contribution in [0.4, 0.5) is 0 Å². The summed E-state index contributed by atoms with van der Waals surface area (Å²) in [5.74, 6) is -0.00865. The molecule has 0 bridgehead atoms. The molecule has 3 aromatic rings. The Kier molecular flexibility index (Phi) is 8.20. The lowest BCUT2D eigenvalue weighted by molar-refractivity contribution is 0.178. The molecule has 0 spiro atoms. The van der Waals surface area contributed by atoms with Crippen LogP contribution in [0.1, 0.15) is 27.8 Å². The van der Waals surface area contributed by atoms with Crippen molar-refractivity contribution in [3.05, 3.63) is 82.1 Å². The van der Waals surface area contributed by atoms with E-state index in [1.807, 2.05) is 0 Å². The van der Waals surface area contributed by atoms with Gasteiger partial charge in [0.2, 0.25) is 0 Å². The number of rotatable bonds is 2. The summed E-state index contributed by atoms with van der Waals surface area (Å²) >= 11 is 13.5. The van der Waals surface area contributed by atoms with Crippen LogP contribution >= 0.6 is 63.7 Å². The normalized spacial score (nSPS) is 15.3. The Bertz CT molecular complexity index is 1320. The number of benzene rings is 3. The molecule has 0 fully saturated rings. The highest BCUT2D eigenvalue weighted by Crippen LogP contribution is 2.55. The topological polar surface area (TPSA) is 154 Å². The molecule has 0 atom stereocenters. The predicted molar refractivity (Wildman–Crippen MR) is 141 cm³/mol. The molecule has 0 radical (unpaired) electrons. The molecular formula is C21H20Br4N2O5S. The molecule has 0 saturated carbocycles. The Balaban J connectivity index is 0.00000193. The van der Waals surface area contributed by atoms with E-state index in [0.717, 1.165) is 0 Å². The fourth-order valence-electron chi connectivity index (χ4n) is 3.89. The van der Waals surface area contributed by atoms with Crippen molar-refractivity contribution in [3.63, 3.8) is 0 Å². The minimum atomic E-state index is -4.10. The zero-order chi connectivity index (χ0) is 22.9. The second kappa shape index (κ2) is 9.57. The van der Waals surface area contributed by atoms with Gasteiger partial charge in [-0.25, -0.2) is 4.18 Å². The SMILES string of the molecule is Cc1c(C2(c3cc(Br)c(O)c(Br)c3C)OS(=O)(=O)c3ccccc32)cc(Br)c(O)c1Br.N.N. The monoisotopic (exact) mass is 728 g/mol. The molecule has 0 aliphatic carbocycles. The van der Waals surface area contributed by atoms with E-state index in [2.05, 4.69) is 63.7 Å². The number of halogens is 4. The summed E-state index contributed by atoms with van der Waals surface area (Å²) in [5.41, 5.74) is 1.13. The summed E-state index contributed by atoms with van der Waals surface area (Å²) in [7, 11) is -4.10. The smallest absolute Gasteiger partial charge is 0.298 e. The van der Waals surface area contributed by atoms with Crippen LogP contribution in [0, 0.1) is 13.8 Å². The molecule has 0 unspecified atom stereocenters. The third kappa shape index (κ3) is 4.08. The molecule has 0 amide bonds. The number of fused-ring (bicyclic) bond motifs is 1. The maximum absolute atomic E-state index is 13.1. The van der Waals surface area contributed by atoms with Gasteiger partial charge in [0.1, 0.15) is 16.4 Å². The van der Waals surface area contributed by atoms with E-state index in [-0.39, 0.29) is 28.7 Å². The van der Waals surface area contributed by atoms with Crippen molar-refractivity contribution in [1.29, 1.82) is 0 Å². The molecule has 1 heterocycles. The first-order valence-corrected chi connectivity index (χ1v) is 13.4. The first-order chi connectivity index (χ1) is 14.4. The molecule has 0 aromatic heterocycles. The lowest BCUT2D eigenvalue weighted by atomic mass is 9.77. The Hall–Kier alpha value is -0.990. The number of aromatic hydroxyl groups is 2. The molecular weight excluding hydrogens is 712 g/mol. The van der Waals surface area contributed by atoms with Crippen molar-refractivity contribution < 1.29 is 22.8 Å². The van der Waals surface area contributed by atoms with E-state index in [0.29, 0.717) is 45.7 Å². The summed E-state index contributed by atoms with van der Waals surface area (Å²) in [6.07, 6.45) is 0. The van der Waals surface area contributed by atoms with Crippen LogP contribution in [0.5, 0.6) is 11.5 Å². The fourth-order valence-corrected chi connectivity index (χ4v) is 7.55. The molecule has 0 saturated heterocycles. The van der Waals surface area contributed by atoms with Gasteiger partial charge in [-0.3, -0.25) is 0 Å². The van der Waals surface area contributed by atoms with E-state index in [9.17, 15) is 18.6 Å². The van der Waals surface area contributed by atoms with Crippen molar-refractivity contribution in [2.75, 3.05) is 0 Å². The van der Waals surface area contributed by atoms with Crippen LogP contribution in [0.25, 0.3) is 0 Å². The maximum atomic E-state index is 13.1. The van der Waals surface area contributed by atoms with Gasteiger partial charge < -0.3 is 22.5 Å². The van der Waals surface area contributed by atoms with Gasteiger partial charge in [0, 0.05) is 5.56 Å². The van der Waals surface area contributed by atoms with Crippen molar-refractivity contribution in [2.24, 2.45) is 0 Å². The molecule has 4 rings (SSSR count). The summed E-state index contributed by atoms with van der Waals surface area (Å²) in [4.78, 5) is 0.0643. The van der Waals surface area contributed by atoms with Crippen LogP contribution in [-0.4, -0.2) is 18.6 Å². The average molecular weight is 732 g/mol. The van der Waals surface area contributed by atoms with Crippen LogP contribution in [0.3, 0.4) is 0 Å². The van der Waals surface area contributed by atoms with E-state index in [1.165, 1.54) is 6.07 Å². The Morgan fingerprint density at radius 3 is 1.67 bits per heavy atom. The molecule has 7 nitrogen and oxygen atoms in total. The van der Waals surface area contributed by atoms with Crippen LogP contribution in [-0.2, 0) is 19.9 Å². The standard InChI is InChI=1S/C21H14Br4O5S.2H3N/c1-9-12(7-14(22)19(26)17(9)24)21(13-8-15(23)20(27)18(25)10(13)2)11-5-3-4-6-16(11)31(28,29)30-21;;/h3-8,26-27H,1-2H3;2*1H3. The number of phenols is 2. The van der Waals surface area contributed by atoms with Gasteiger partial charge in [0.25, 0.3) is 10.1 Å². The number of hydrogen-bond donors (Lipinski definition) is 4. The van der Waals surface area contributed by atoms with Crippen LogP contribution < -0.4 is 12.3 Å². The second-order valence-electron chi connectivity index (χ2n) is 7.10. The van der Waals surface area contributed by atoms with Gasteiger partial charge in [0.05, 0.1) is 17.9 Å². The Morgan fingerprint density at radius 2 is 1.21 bits per heavy atom. The predicted octanol–water partition coefficient (Wildman–Crippen LogP) is 7.10. The summed E-state index contributed by atoms with van der Waals surface area (Å²) in [6, 6.07) is 9.91. The van der Waals surface area contributed by atoms with Crippen LogP contribution in [0.15, 0.2) is 59.2 Å². The largest absolute Gasteiger partial charge is 0.506 e. The van der Waals surface area contributed by atoms with Gasteiger partial charge >= 0.3 is 0 Å². The summed E-state index contributed by atoms with van der Waals surface area (Å²) in [6.45, 7) is 3.54. The third-order valence-electron chi connectivity index (χ3n) is 5.41.